The Morgan fingerprint density at radius 2 is 1.83 bits per heavy atom. The lowest BCUT2D eigenvalue weighted by Crippen LogP contribution is -2.06. The lowest BCUT2D eigenvalue weighted by molar-refractivity contribution is -0.244. The van der Waals surface area contributed by atoms with E-state index >= 15 is 0 Å². The molecule has 1 atom stereocenters. The Balaban J connectivity index is -0.0000000340. The molecule has 0 aliphatic heterocycles. The Hall–Kier alpha value is -0.360. The number of aldehydes is 1. The van der Waals surface area contributed by atoms with Gasteiger partial charge >= 0.3 is 16.1 Å². The van der Waals surface area contributed by atoms with Gasteiger partial charge in [-0.1, -0.05) is 0 Å². The number of carbonyl (C=O) groups excluding carboxylic acids is 1. The highest BCUT2D eigenvalue weighted by molar-refractivity contribution is 7.46. The summed E-state index contributed by atoms with van der Waals surface area (Å²) >= 11 is 0. The van der Waals surface area contributed by atoms with Crippen LogP contribution in [0.4, 0.5) is 0 Å². The zero-order valence-electron chi connectivity index (χ0n) is 9.46. The van der Waals surface area contributed by atoms with E-state index < -0.39 is 16.1 Å². The van der Waals surface area contributed by atoms with E-state index in [-0.39, 0.29) is 26.2 Å². The molecular formula is C4H20N2O10P2. The van der Waals surface area contributed by atoms with Gasteiger partial charge in [0.2, 0.25) is 0 Å². The molecule has 0 aromatic carbocycles. The van der Waals surface area contributed by atoms with E-state index in [1.54, 1.807) is 0 Å². The van der Waals surface area contributed by atoms with E-state index in [4.69, 9.17) is 35.0 Å². The van der Waals surface area contributed by atoms with Gasteiger partial charge in [-0.2, -0.15) is 0 Å². The van der Waals surface area contributed by atoms with Crippen LogP contribution in [0, 0.1) is 0 Å². The number of carbonyl (C=O) groups is 1. The van der Waals surface area contributed by atoms with E-state index in [2.05, 4.69) is 9.20 Å². The van der Waals surface area contributed by atoms with Gasteiger partial charge in [0.25, 0.3) is 0 Å². The molecule has 0 bridgehead atoms. The molecule has 0 spiro atoms. The van der Waals surface area contributed by atoms with Gasteiger partial charge in [0.1, 0.15) is 6.29 Å². The lowest BCUT2D eigenvalue weighted by atomic mass is 10.8. The summed E-state index contributed by atoms with van der Waals surface area (Å²) in [7, 11) is -7.30. The summed E-state index contributed by atoms with van der Waals surface area (Å²) < 4.78 is 25.4. The van der Waals surface area contributed by atoms with Crippen LogP contribution in [0.1, 0.15) is 8.35 Å². The molecular weight excluding hydrogens is 298 g/mol. The van der Waals surface area contributed by atoms with Crippen LogP contribution in [0.15, 0.2) is 0 Å². The molecule has 14 heteroatoms. The second-order valence-electron chi connectivity index (χ2n) is 1.65. The molecule has 18 heavy (non-hydrogen) atoms. The molecule has 0 amide bonds. The Morgan fingerprint density at radius 1 is 1.56 bits per heavy atom. The summed E-state index contributed by atoms with van der Waals surface area (Å²) in [6, 6.07) is 0. The van der Waals surface area contributed by atoms with Crippen molar-refractivity contribution in [2.75, 3.05) is 13.2 Å². The smallest absolute Gasteiger partial charge is 0.521 e. The van der Waals surface area contributed by atoms with Crippen molar-refractivity contribution in [1.82, 2.24) is 6.15 Å². The Bertz CT molecular complexity index is 226. The molecule has 10 N–H and O–H groups in total. The molecule has 116 valence electrons. The molecule has 0 aliphatic carbocycles. The number of hydrogen-bond acceptors (Lipinski definition) is 9. The van der Waals surface area contributed by atoms with Crippen molar-refractivity contribution in [2.45, 2.75) is 6.92 Å². The minimum atomic E-state index is -4.26. The van der Waals surface area contributed by atoms with E-state index in [0.29, 0.717) is 0 Å². The van der Waals surface area contributed by atoms with Crippen molar-refractivity contribution in [3.05, 3.63) is 0 Å². The third-order valence-electron chi connectivity index (χ3n) is 0.444. The fourth-order valence-corrected chi connectivity index (χ4v) is 0.515. The molecule has 1 unspecified atom stereocenters. The summed E-state index contributed by atoms with van der Waals surface area (Å²) in [5, 5.41) is 7.05. The second kappa shape index (κ2) is 21.9. The molecule has 0 heterocycles. The zero-order chi connectivity index (χ0) is 13.6. The van der Waals surface area contributed by atoms with Crippen molar-refractivity contribution in [1.29, 1.82) is 0 Å². The average molecular weight is 318 g/mol. The minimum Gasteiger partial charge on any atom is -0.565 e. The normalized spacial score (nSPS) is 9.11. The maximum atomic E-state index is 9.81. The Morgan fingerprint density at radius 3 is 1.89 bits per heavy atom. The first-order valence-electron chi connectivity index (χ1n) is 3.51. The highest BCUT2D eigenvalue weighted by atomic mass is 31.2. The van der Waals surface area contributed by atoms with Gasteiger partial charge in [0, 0.05) is 12.6 Å². The molecule has 0 saturated carbocycles. The van der Waals surface area contributed by atoms with Crippen LogP contribution in [0.3, 0.4) is 0 Å². The van der Waals surface area contributed by atoms with Crippen molar-refractivity contribution >= 4 is 22.4 Å². The van der Waals surface area contributed by atoms with Crippen molar-refractivity contribution in [2.24, 2.45) is 5.73 Å². The number of hydrogen-bond donors (Lipinski definition) is 5. The van der Waals surface area contributed by atoms with Crippen LogP contribution < -0.4 is 16.8 Å². The van der Waals surface area contributed by atoms with Crippen LogP contribution >= 0.6 is 16.1 Å². The van der Waals surface area contributed by atoms with Gasteiger partial charge in [0.05, 0.1) is 6.61 Å². The van der Waals surface area contributed by atoms with E-state index in [0.717, 1.165) is 6.29 Å². The largest absolute Gasteiger partial charge is 0.565 e. The molecule has 0 radical (unpaired) electrons. The Kier molecular flexibility index (Phi) is 37.2. The molecule has 0 fully saturated rings. The van der Waals surface area contributed by atoms with Gasteiger partial charge in [-0.05, 0) is 11.5 Å². The topological polar surface area (TPSA) is 246 Å². The summed E-state index contributed by atoms with van der Waals surface area (Å²) in [6.45, 7) is 1.45. The predicted octanol–water partition coefficient (Wildman–Crippen LogP) is -1.66. The summed E-state index contributed by atoms with van der Waals surface area (Å²) in [6.07, 6.45) is 0.750. The number of nitrogens with two attached hydrogens (primary N) is 1. The van der Waals surface area contributed by atoms with E-state index in [1.807, 2.05) is 0 Å². The summed E-state index contributed by atoms with van der Waals surface area (Å²) in [4.78, 5) is 33.7. The zero-order valence-corrected chi connectivity index (χ0v) is 11.3. The Labute approximate surface area is 105 Å². The SMILES string of the molecule is CC=O.N.NCCOP(=O)(O)O.O.O=[P+]([O-])OO.[HH]. The van der Waals surface area contributed by atoms with E-state index in [1.165, 1.54) is 6.92 Å². The first-order chi connectivity index (χ1) is 7.24. The van der Waals surface area contributed by atoms with Crippen molar-refractivity contribution in [3.8, 4) is 0 Å². The summed E-state index contributed by atoms with van der Waals surface area (Å²) in [5.74, 6) is 0. The quantitative estimate of drug-likeness (QED) is 0.170. The number of phosphoric acid groups is 1. The molecule has 0 saturated heterocycles. The van der Waals surface area contributed by atoms with Crippen LogP contribution in [0.25, 0.3) is 0 Å². The molecule has 0 aliphatic rings. The molecule has 0 rings (SSSR count). The van der Waals surface area contributed by atoms with Crippen LogP contribution in [-0.4, -0.2) is 40.0 Å². The standard InChI is InChI=1S/C2H8NO4P.C2H4O.H3N.HO4P.H2O.H2/c3-1-2-7-8(4,5)6;1-2-3;;1-4-5(2)3;;/h1-3H2,(H2,4,5,6);2H,1H3;1H3;1H;1H2;1H. The highest BCUT2D eigenvalue weighted by Crippen LogP contribution is 2.34. The van der Waals surface area contributed by atoms with Crippen LogP contribution in [0.5, 0.6) is 0 Å². The average Bonchev–Trinajstić information content (AvgIpc) is 2.16. The maximum absolute atomic E-state index is 9.81. The lowest BCUT2D eigenvalue weighted by Gasteiger charge is -2.00. The third kappa shape index (κ3) is 76.0. The van der Waals surface area contributed by atoms with Crippen LogP contribution in [-0.2, 0) is 23.1 Å². The van der Waals surface area contributed by atoms with Crippen molar-refractivity contribution < 1.29 is 50.0 Å². The third-order valence-corrected chi connectivity index (χ3v) is 1.10. The minimum absolute atomic E-state index is 0. The number of phosphoric ester groups is 1. The summed E-state index contributed by atoms with van der Waals surface area (Å²) in [5.41, 5.74) is 4.87. The van der Waals surface area contributed by atoms with Crippen LogP contribution in [0.2, 0.25) is 0 Å². The fraction of sp³-hybridized carbons (Fsp3) is 0.750. The van der Waals surface area contributed by atoms with Gasteiger partial charge in [-0.3, -0.25) is 4.52 Å². The van der Waals surface area contributed by atoms with Gasteiger partial charge in [-0.25, -0.2) is 9.82 Å². The van der Waals surface area contributed by atoms with Gasteiger partial charge in [-0.15, -0.1) is 0 Å². The first kappa shape index (κ1) is 30.6. The monoisotopic (exact) mass is 318 g/mol. The molecule has 0 aromatic heterocycles. The fourth-order valence-electron chi connectivity index (χ4n) is 0.172. The van der Waals surface area contributed by atoms with E-state index in [9.17, 15) is 4.57 Å². The van der Waals surface area contributed by atoms with Gasteiger partial charge in [0.15, 0.2) is 0 Å². The highest BCUT2D eigenvalue weighted by Gasteiger charge is 2.11. The molecule has 0 aromatic rings. The maximum Gasteiger partial charge on any atom is 0.521 e. The predicted molar refractivity (Wildman–Crippen MR) is 60.9 cm³/mol. The molecule has 12 nitrogen and oxygen atoms in total. The number of rotatable bonds is 4. The van der Waals surface area contributed by atoms with Gasteiger partial charge < -0.3 is 36.8 Å². The second-order valence-corrected chi connectivity index (χ2v) is 3.50. The first-order valence-corrected chi connectivity index (χ1v) is 6.13. The van der Waals surface area contributed by atoms with Crippen molar-refractivity contribution in [3.63, 3.8) is 0 Å².